The Morgan fingerprint density at radius 3 is 2.19 bits per heavy atom. The van der Waals surface area contributed by atoms with Gasteiger partial charge in [-0.15, -0.1) is 0 Å². The number of hydrogen-bond donors (Lipinski definition) is 0. The maximum Gasteiger partial charge on any atom is 0.310 e. The van der Waals surface area contributed by atoms with Crippen LogP contribution < -0.4 is 0 Å². The monoisotopic (exact) mass is 874 g/mol. The first kappa shape index (κ1) is 47.4. The lowest BCUT2D eigenvalue weighted by Crippen LogP contribution is -2.70. The van der Waals surface area contributed by atoms with Crippen LogP contribution in [0.5, 0.6) is 0 Å². The molecule has 0 spiro atoms. The fraction of sp³-hybridized carbons (Fsp3) is 0.717. The molecule has 2 aromatic carbocycles. The Morgan fingerprint density at radius 2 is 1.58 bits per heavy atom. The summed E-state index contributed by atoms with van der Waals surface area (Å²) >= 11 is 0. The number of ether oxygens (including phenoxy) is 4. The molecule has 0 N–H and O–H groups in total. The molecule has 344 valence electrons. The van der Waals surface area contributed by atoms with Crippen molar-refractivity contribution in [3.05, 3.63) is 77.4 Å². The Bertz CT molecular complexity index is 2100. The van der Waals surface area contributed by atoms with Crippen LogP contribution in [0.2, 0.25) is 0 Å². The molecule has 1 heterocycles. The second kappa shape index (κ2) is 16.4. The number of allylic oxidation sites excluding steroid dienone is 1. The second-order valence-corrected chi connectivity index (χ2v) is 25.1. The van der Waals surface area contributed by atoms with E-state index in [1.54, 1.807) is 19.2 Å². The minimum Gasteiger partial charge on any atom is -0.461 e. The number of sulfonamides is 1. The highest BCUT2D eigenvalue weighted by atomic mass is 32.2. The van der Waals surface area contributed by atoms with Gasteiger partial charge in [0.05, 0.1) is 48.4 Å². The van der Waals surface area contributed by atoms with Gasteiger partial charge in [0, 0.05) is 25.0 Å². The largest absolute Gasteiger partial charge is 0.461 e. The van der Waals surface area contributed by atoms with Crippen molar-refractivity contribution in [3.8, 4) is 0 Å². The fourth-order valence-electron chi connectivity index (χ4n) is 14.0. The van der Waals surface area contributed by atoms with Crippen molar-refractivity contribution < 1.29 is 32.2 Å². The molecule has 3 saturated carbocycles. The first-order valence-corrected chi connectivity index (χ1v) is 25.0. The molecule has 2 bridgehead atoms. The Morgan fingerprint density at radius 1 is 0.919 bits per heavy atom. The van der Waals surface area contributed by atoms with Crippen molar-refractivity contribution in [3.63, 3.8) is 0 Å². The molecule has 1 aliphatic heterocycles. The van der Waals surface area contributed by atoms with E-state index in [1.807, 2.05) is 63.4 Å². The van der Waals surface area contributed by atoms with E-state index < -0.39 is 21.0 Å². The van der Waals surface area contributed by atoms with E-state index in [1.165, 1.54) is 9.88 Å². The van der Waals surface area contributed by atoms with Crippen molar-refractivity contribution in [2.75, 3.05) is 34.0 Å². The predicted molar refractivity (Wildman–Crippen MR) is 247 cm³/mol. The highest BCUT2D eigenvalue weighted by Gasteiger charge is 2.72. The number of carbonyl (C=O) groups is 1. The smallest absolute Gasteiger partial charge is 0.310 e. The van der Waals surface area contributed by atoms with E-state index in [0.717, 1.165) is 49.7 Å². The molecule has 12 atom stereocenters. The third-order valence-corrected chi connectivity index (χ3v) is 21.1. The average molecular weight is 874 g/mol. The SMILES string of the molecule is CO[C@@H]1C[C@@]23COCC(C)([C@H]1OC[C@](C)(N(C)S(=O)(=O)c1ccc(C)cc1)C(C)(C)C)[C@@H]2CC[C@H]1C3=CC[C@@]2(C)[C@H](C(=O)OCc3ccccc3)[C@@](C)([C@H](C)C(C)C)CC[C@]12C. The Kier molecular flexibility index (Phi) is 12.5. The third kappa shape index (κ3) is 7.20. The predicted octanol–water partition coefficient (Wildman–Crippen LogP) is 11.1. The molecule has 8 nitrogen and oxygen atoms in total. The molecule has 9 heteroatoms. The van der Waals surface area contributed by atoms with Gasteiger partial charge < -0.3 is 18.9 Å². The molecule has 4 fully saturated rings. The average Bonchev–Trinajstić information content (AvgIpc) is 3.22. The van der Waals surface area contributed by atoms with Gasteiger partial charge in [0.2, 0.25) is 10.0 Å². The van der Waals surface area contributed by atoms with Gasteiger partial charge in [-0.1, -0.05) is 129 Å². The highest BCUT2D eigenvalue weighted by molar-refractivity contribution is 7.89. The highest BCUT2D eigenvalue weighted by Crippen LogP contribution is 2.75. The third-order valence-electron chi connectivity index (χ3n) is 19.1. The van der Waals surface area contributed by atoms with Crippen LogP contribution in [0.4, 0.5) is 0 Å². The molecule has 4 aliphatic carbocycles. The van der Waals surface area contributed by atoms with Crippen LogP contribution in [0.1, 0.15) is 126 Å². The van der Waals surface area contributed by atoms with Crippen LogP contribution in [0.15, 0.2) is 71.1 Å². The van der Waals surface area contributed by atoms with E-state index >= 15 is 0 Å². The molecular formula is C53H79NO7S. The summed E-state index contributed by atoms with van der Waals surface area (Å²) in [7, 11) is -0.325. The van der Waals surface area contributed by atoms with Gasteiger partial charge in [0.15, 0.2) is 0 Å². The van der Waals surface area contributed by atoms with Gasteiger partial charge in [-0.25, -0.2) is 8.42 Å². The Hall–Kier alpha value is -2.56. The standard InChI is InChI=1S/C53H79NO7S/c1-35(2)37(4)48(8)28-29-50(10)40-24-25-43-49(9)32-59-34-53(43,41(40)26-27-51(50,11)44(48)46(55)60-31-38-18-16-15-17-19-38)30-42(58-14)45(49)61-33-52(12,47(5,6)7)54(13)62(56,57)39-22-20-36(3)21-23-39/h15-23,26,35,37,40,42-45H,24-25,27-34H2,1-14H3/t37-,40+,42-,43+,44-,45+,48-,49?,50-,51+,52+,53+/m1/s1. The molecule has 1 unspecified atom stereocenters. The number of esters is 1. The lowest BCUT2D eigenvalue weighted by atomic mass is 9.34. The molecule has 0 aromatic heterocycles. The molecule has 0 radical (unpaired) electrons. The van der Waals surface area contributed by atoms with Gasteiger partial charge >= 0.3 is 5.97 Å². The summed E-state index contributed by atoms with van der Waals surface area (Å²) in [6.45, 7) is 28.6. The quantitative estimate of drug-likeness (QED) is 0.155. The molecule has 62 heavy (non-hydrogen) atoms. The van der Waals surface area contributed by atoms with E-state index in [-0.39, 0.29) is 69.3 Å². The summed E-state index contributed by atoms with van der Waals surface area (Å²) in [4.78, 5) is 15.2. The maximum atomic E-state index is 14.9. The molecular weight excluding hydrogens is 795 g/mol. The van der Waals surface area contributed by atoms with Gasteiger partial charge in [-0.3, -0.25) is 4.79 Å². The van der Waals surface area contributed by atoms with Gasteiger partial charge in [0.1, 0.15) is 6.61 Å². The zero-order valence-corrected chi connectivity index (χ0v) is 41.4. The minimum absolute atomic E-state index is 0.0498. The number of nitrogens with zero attached hydrogens (tertiary/aromatic N) is 1. The lowest BCUT2D eigenvalue weighted by Gasteiger charge is -2.71. The minimum atomic E-state index is -3.84. The number of methoxy groups -OCH3 is 1. The van der Waals surface area contributed by atoms with Gasteiger partial charge in [-0.05, 0) is 115 Å². The molecule has 5 aliphatic rings. The van der Waals surface area contributed by atoms with Gasteiger partial charge in [0.25, 0.3) is 0 Å². The van der Waals surface area contributed by atoms with Crippen molar-refractivity contribution in [1.82, 2.24) is 4.31 Å². The summed E-state index contributed by atoms with van der Waals surface area (Å²) in [5, 5.41) is 0. The van der Waals surface area contributed by atoms with E-state index in [4.69, 9.17) is 18.9 Å². The Balaban J connectivity index is 1.22. The molecule has 2 aromatic rings. The maximum absolute atomic E-state index is 14.9. The molecule has 0 amide bonds. The number of hydrogen-bond acceptors (Lipinski definition) is 7. The van der Waals surface area contributed by atoms with Crippen LogP contribution in [0.25, 0.3) is 0 Å². The molecule has 1 saturated heterocycles. The van der Waals surface area contributed by atoms with E-state index in [0.29, 0.717) is 36.9 Å². The van der Waals surface area contributed by atoms with Crippen LogP contribution in [-0.2, 0) is 40.4 Å². The fourth-order valence-corrected chi connectivity index (χ4v) is 15.7. The van der Waals surface area contributed by atoms with Gasteiger partial charge in [-0.2, -0.15) is 4.31 Å². The number of likely N-dealkylation sites (N-methyl/N-ethyl adjacent to an activating group) is 1. The topological polar surface area (TPSA) is 91.4 Å². The summed E-state index contributed by atoms with van der Waals surface area (Å²) in [6, 6.07) is 17.2. The summed E-state index contributed by atoms with van der Waals surface area (Å²) in [5.74, 6) is 1.06. The van der Waals surface area contributed by atoms with Crippen molar-refractivity contribution in [1.29, 1.82) is 0 Å². The summed E-state index contributed by atoms with van der Waals surface area (Å²) in [6.07, 6.45) is 7.75. The summed E-state index contributed by atoms with van der Waals surface area (Å²) < 4.78 is 57.0. The van der Waals surface area contributed by atoms with Crippen molar-refractivity contribution in [2.45, 2.75) is 151 Å². The zero-order valence-electron chi connectivity index (χ0n) is 40.6. The first-order valence-electron chi connectivity index (χ1n) is 23.6. The van der Waals surface area contributed by atoms with E-state index in [2.05, 4.69) is 75.3 Å². The number of carbonyl (C=O) groups excluding carboxylic acids is 1. The Labute approximate surface area is 375 Å². The number of fused-ring (bicyclic) bond motifs is 3. The normalized spacial score (nSPS) is 37.4. The van der Waals surface area contributed by atoms with Crippen molar-refractivity contribution in [2.24, 2.45) is 62.1 Å². The van der Waals surface area contributed by atoms with Crippen molar-refractivity contribution >= 4 is 16.0 Å². The lowest BCUT2D eigenvalue weighted by molar-refractivity contribution is -0.272. The number of rotatable bonds is 12. The van der Waals surface area contributed by atoms with E-state index in [9.17, 15) is 13.2 Å². The second-order valence-electron chi connectivity index (χ2n) is 23.1. The van der Waals surface area contributed by atoms with Crippen LogP contribution in [0, 0.1) is 69.0 Å². The summed E-state index contributed by atoms with van der Waals surface area (Å²) in [5.41, 5.74) is 0.932. The van der Waals surface area contributed by atoms with Crippen LogP contribution in [-0.4, -0.2) is 70.4 Å². The number of benzene rings is 2. The first-order chi connectivity index (χ1) is 28.9. The van der Waals surface area contributed by atoms with Crippen LogP contribution in [0.3, 0.4) is 0 Å². The molecule has 7 rings (SSSR count). The zero-order chi connectivity index (χ0) is 45.5. The number of aryl methyl sites for hydroxylation is 1. The van der Waals surface area contributed by atoms with Crippen LogP contribution >= 0.6 is 0 Å².